The summed E-state index contributed by atoms with van der Waals surface area (Å²) >= 11 is 12.4. The molecule has 182 valence electrons. The Balaban J connectivity index is 1.61. The normalized spacial score (nSPS) is 12.0. The van der Waals surface area contributed by atoms with Crippen LogP contribution in [0.25, 0.3) is 0 Å². The van der Waals surface area contributed by atoms with Crippen LogP contribution in [0.4, 0.5) is 0 Å². The molecule has 34 heavy (non-hydrogen) atoms. The minimum absolute atomic E-state index is 0.0798. The third-order valence-corrected chi connectivity index (χ3v) is 6.53. The van der Waals surface area contributed by atoms with Crippen molar-refractivity contribution in [3.63, 3.8) is 0 Å². The predicted molar refractivity (Wildman–Crippen MR) is 145 cm³/mol. The first-order chi connectivity index (χ1) is 16.0. The topological polar surface area (TPSA) is 18.5 Å². The number of halogens is 2. The van der Waals surface area contributed by atoms with Gasteiger partial charge < -0.3 is 9.47 Å². The maximum atomic E-state index is 6.19. The van der Waals surface area contributed by atoms with E-state index in [1.165, 1.54) is 11.1 Å². The molecule has 0 aliphatic rings. The van der Waals surface area contributed by atoms with Crippen LogP contribution in [-0.2, 0) is 35.8 Å². The molecule has 0 saturated heterocycles. The highest BCUT2D eigenvalue weighted by atomic mass is 35.5. The van der Waals surface area contributed by atoms with E-state index < -0.39 is 0 Å². The minimum Gasteiger partial charge on any atom is -0.489 e. The van der Waals surface area contributed by atoms with Gasteiger partial charge in [0.05, 0.1) is 11.8 Å². The molecular formula is C30H36Cl2O2. The molecule has 3 rings (SSSR count). The Morgan fingerprint density at radius 3 is 1.21 bits per heavy atom. The van der Waals surface area contributed by atoms with Crippen LogP contribution in [0, 0.1) is 0 Å². The molecule has 3 aromatic carbocycles. The lowest BCUT2D eigenvalue weighted by molar-refractivity contribution is 0.300. The van der Waals surface area contributed by atoms with Gasteiger partial charge in [0.1, 0.15) is 24.7 Å². The van der Waals surface area contributed by atoms with Crippen molar-refractivity contribution in [2.24, 2.45) is 0 Å². The van der Waals surface area contributed by atoms with Crippen molar-refractivity contribution in [2.75, 3.05) is 0 Å². The van der Waals surface area contributed by atoms with Gasteiger partial charge in [0.2, 0.25) is 0 Å². The molecule has 0 bridgehead atoms. The first kappa shape index (κ1) is 26.4. The highest BCUT2D eigenvalue weighted by Crippen LogP contribution is 2.31. The van der Waals surface area contributed by atoms with Gasteiger partial charge in [-0.25, -0.2) is 0 Å². The Morgan fingerprint density at radius 1 is 0.559 bits per heavy atom. The fraction of sp³-hybridized carbons (Fsp3) is 0.400. The Labute approximate surface area is 215 Å². The standard InChI is InChI=1S/C30H36Cl2O2/c1-29(2,3)25-11-13-27(23(15-25)17-31)33-19-21-7-9-22(10-8-21)20-34-28-14-12-26(30(4,5)6)16-24(28)18-32/h7-16H,17-20H2,1-6H3. The summed E-state index contributed by atoms with van der Waals surface area (Å²) in [6.07, 6.45) is 0. The summed E-state index contributed by atoms with van der Waals surface area (Å²) in [5.41, 5.74) is 6.90. The molecule has 0 N–H and O–H groups in total. The minimum atomic E-state index is 0.0798. The molecule has 0 spiro atoms. The average molecular weight is 500 g/mol. The SMILES string of the molecule is CC(C)(C)c1ccc(OCc2ccc(COc3ccc(C(C)(C)C)cc3CCl)cc2)c(CCl)c1. The van der Waals surface area contributed by atoms with Crippen molar-refractivity contribution in [1.29, 1.82) is 0 Å². The first-order valence-electron chi connectivity index (χ1n) is 11.7. The number of ether oxygens (including phenoxy) is 2. The lowest BCUT2D eigenvalue weighted by Crippen LogP contribution is -2.11. The van der Waals surface area contributed by atoms with Crippen molar-refractivity contribution in [3.05, 3.63) is 94.0 Å². The molecule has 0 fully saturated rings. The summed E-state index contributed by atoms with van der Waals surface area (Å²) in [7, 11) is 0. The molecule has 3 aromatic rings. The molecule has 0 aliphatic carbocycles. The van der Waals surface area contributed by atoms with Gasteiger partial charge in [-0.2, -0.15) is 0 Å². The van der Waals surface area contributed by atoms with Gasteiger partial charge in [-0.15, -0.1) is 23.2 Å². The van der Waals surface area contributed by atoms with Crippen LogP contribution in [0.5, 0.6) is 11.5 Å². The van der Waals surface area contributed by atoms with E-state index >= 15 is 0 Å². The van der Waals surface area contributed by atoms with Gasteiger partial charge in [0, 0.05) is 11.1 Å². The monoisotopic (exact) mass is 498 g/mol. The van der Waals surface area contributed by atoms with Crippen LogP contribution in [0.15, 0.2) is 60.7 Å². The van der Waals surface area contributed by atoms with E-state index in [4.69, 9.17) is 32.7 Å². The van der Waals surface area contributed by atoms with Gasteiger partial charge in [0.25, 0.3) is 0 Å². The third-order valence-electron chi connectivity index (χ3n) is 5.95. The summed E-state index contributed by atoms with van der Waals surface area (Å²) < 4.78 is 12.2. The van der Waals surface area contributed by atoms with E-state index in [1.807, 2.05) is 12.1 Å². The largest absolute Gasteiger partial charge is 0.489 e. The Morgan fingerprint density at radius 2 is 0.912 bits per heavy atom. The summed E-state index contributed by atoms with van der Waals surface area (Å²) in [4.78, 5) is 0. The van der Waals surface area contributed by atoms with E-state index in [0.29, 0.717) is 25.0 Å². The predicted octanol–water partition coefficient (Wildman–Crippen LogP) is 8.92. The third kappa shape index (κ3) is 6.93. The number of benzene rings is 3. The van der Waals surface area contributed by atoms with E-state index in [1.54, 1.807) is 0 Å². The highest BCUT2D eigenvalue weighted by Gasteiger charge is 2.17. The van der Waals surface area contributed by atoms with E-state index in [9.17, 15) is 0 Å². The number of alkyl halides is 2. The Bertz CT molecular complexity index is 1000. The Kier molecular flexibility index (Phi) is 8.60. The van der Waals surface area contributed by atoms with Crippen LogP contribution in [0.2, 0.25) is 0 Å². The molecular weight excluding hydrogens is 463 g/mol. The molecule has 4 heteroatoms. The van der Waals surface area contributed by atoms with Crippen LogP contribution < -0.4 is 9.47 Å². The second-order valence-electron chi connectivity index (χ2n) is 10.8. The number of rotatable bonds is 8. The fourth-order valence-corrected chi connectivity index (χ4v) is 4.05. The van der Waals surface area contributed by atoms with Crippen LogP contribution in [0.1, 0.15) is 74.9 Å². The lowest BCUT2D eigenvalue weighted by Gasteiger charge is -2.21. The lowest BCUT2D eigenvalue weighted by atomic mass is 9.86. The zero-order valence-electron chi connectivity index (χ0n) is 21.2. The first-order valence-corrected chi connectivity index (χ1v) is 12.8. The zero-order chi connectivity index (χ0) is 24.9. The van der Waals surface area contributed by atoms with Crippen molar-refractivity contribution in [3.8, 4) is 11.5 Å². The second-order valence-corrected chi connectivity index (χ2v) is 11.3. The summed E-state index contributed by atoms with van der Waals surface area (Å²) in [5, 5.41) is 0. The van der Waals surface area contributed by atoms with Crippen molar-refractivity contribution in [2.45, 2.75) is 77.3 Å². The maximum absolute atomic E-state index is 6.19. The summed E-state index contributed by atoms with van der Waals surface area (Å²) in [5.74, 6) is 2.53. The number of hydrogen-bond donors (Lipinski definition) is 0. The van der Waals surface area contributed by atoms with Gasteiger partial charge in [-0.3, -0.25) is 0 Å². The highest BCUT2D eigenvalue weighted by molar-refractivity contribution is 6.17. The average Bonchev–Trinajstić information content (AvgIpc) is 2.80. The van der Waals surface area contributed by atoms with Crippen LogP contribution >= 0.6 is 23.2 Å². The molecule has 0 aliphatic heterocycles. The summed E-state index contributed by atoms with van der Waals surface area (Å²) in [6, 6.07) is 20.9. The van der Waals surface area contributed by atoms with Gasteiger partial charge >= 0.3 is 0 Å². The molecule has 0 unspecified atom stereocenters. The molecule has 0 heterocycles. The van der Waals surface area contributed by atoms with E-state index in [2.05, 4.69) is 90.1 Å². The quantitative estimate of drug-likeness (QED) is 0.288. The van der Waals surface area contributed by atoms with Crippen molar-refractivity contribution >= 4 is 23.2 Å². The molecule has 0 atom stereocenters. The van der Waals surface area contributed by atoms with Gasteiger partial charge in [0.15, 0.2) is 0 Å². The zero-order valence-corrected chi connectivity index (χ0v) is 22.7. The molecule has 0 amide bonds. The molecule has 0 radical (unpaired) electrons. The van der Waals surface area contributed by atoms with Gasteiger partial charge in [-0.1, -0.05) is 90.1 Å². The Hall–Kier alpha value is -2.16. The number of hydrogen-bond acceptors (Lipinski definition) is 2. The smallest absolute Gasteiger partial charge is 0.124 e. The van der Waals surface area contributed by atoms with Crippen molar-refractivity contribution < 1.29 is 9.47 Å². The maximum Gasteiger partial charge on any atom is 0.124 e. The van der Waals surface area contributed by atoms with Crippen LogP contribution in [0.3, 0.4) is 0 Å². The molecule has 2 nitrogen and oxygen atoms in total. The summed E-state index contributed by atoms with van der Waals surface area (Å²) in [6.45, 7) is 14.2. The van der Waals surface area contributed by atoms with Crippen LogP contribution in [-0.4, -0.2) is 0 Å². The van der Waals surface area contributed by atoms with Crippen molar-refractivity contribution in [1.82, 2.24) is 0 Å². The van der Waals surface area contributed by atoms with E-state index in [-0.39, 0.29) is 10.8 Å². The van der Waals surface area contributed by atoms with E-state index in [0.717, 1.165) is 33.8 Å². The van der Waals surface area contributed by atoms with Gasteiger partial charge in [-0.05, 0) is 45.2 Å². The fourth-order valence-electron chi connectivity index (χ4n) is 3.64. The second kappa shape index (κ2) is 11.1. The molecule has 0 saturated carbocycles. The molecule has 0 aromatic heterocycles.